The van der Waals surface area contributed by atoms with Gasteiger partial charge in [0.1, 0.15) is 17.3 Å². The van der Waals surface area contributed by atoms with Crippen molar-refractivity contribution >= 4 is 11.8 Å². The number of ether oxygens (including phenoxy) is 1. The molecular weight excluding hydrogens is 363 g/mol. The number of hydroxylamine groups is 1. The van der Waals surface area contributed by atoms with Gasteiger partial charge in [0, 0.05) is 11.1 Å². The summed E-state index contributed by atoms with van der Waals surface area (Å²) in [4.78, 5) is 24.4. The highest BCUT2D eigenvalue weighted by Crippen LogP contribution is 2.31. The molecule has 7 heteroatoms. The number of rotatable bonds is 6. The van der Waals surface area contributed by atoms with Crippen LogP contribution in [0, 0.1) is 5.82 Å². The Morgan fingerprint density at radius 2 is 1.54 bits per heavy atom. The minimum atomic E-state index is -0.647. The highest BCUT2D eigenvalue weighted by molar-refractivity contribution is 5.95. The minimum Gasteiger partial charge on any atom is -0.457 e. The second kappa shape index (κ2) is 8.84. The SMILES string of the molecule is O=C(CC1(NC(=O)c2ccc(Oc3ccc(F)cc3)cc2)CCCCC1)NO. The minimum absolute atomic E-state index is 0.0427. The highest BCUT2D eigenvalue weighted by atomic mass is 19.1. The van der Waals surface area contributed by atoms with E-state index < -0.39 is 11.4 Å². The first-order valence-electron chi connectivity index (χ1n) is 9.29. The van der Waals surface area contributed by atoms with E-state index in [9.17, 15) is 14.0 Å². The zero-order valence-corrected chi connectivity index (χ0v) is 15.4. The topological polar surface area (TPSA) is 87.7 Å². The summed E-state index contributed by atoms with van der Waals surface area (Å²) in [5.41, 5.74) is 1.45. The van der Waals surface area contributed by atoms with Crippen LogP contribution >= 0.6 is 0 Å². The van der Waals surface area contributed by atoms with E-state index in [-0.39, 0.29) is 18.1 Å². The van der Waals surface area contributed by atoms with E-state index in [4.69, 9.17) is 9.94 Å². The average Bonchev–Trinajstić information content (AvgIpc) is 2.70. The van der Waals surface area contributed by atoms with Crippen LogP contribution in [0.4, 0.5) is 4.39 Å². The molecular formula is C21H23FN2O4. The van der Waals surface area contributed by atoms with Gasteiger partial charge in [-0.25, -0.2) is 9.87 Å². The molecule has 0 spiro atoms. The molecule has 0 radical (unpaired) electrons. The molecule has 3 rings (SSSR count). The van der Waals surface area contributed by atoms with E-state index in [1.807, 2.05) is 0 Å². The van der Waals surface area contributed by atoms with Crippen molar-refractivity contribution in [3.05, 3.63) is 59.9 Å². The van der Waals surface area contributed by atoms with Gasteiger partial charge >= 0.3 is 0 Å². The number of amides is 2. The fraction of sp³-hybridized carbons (Fsp3) is 0.333. The molecule has 1 fully saturated rings. The molecule has 2 amide bonds. The molecule has 1 aliphatic rings. The fourth-order valence-electron chi connectivity index (χ4n) is 3.55. The number of benzene rings is 2. The molecule has 148 valence electrons. The van der Waals surface area contributed by atoms with Gasteiger partial charge in [-0.1, -0.05) is 19.3 Å². The van der Waals surface area contributed by atoms with Gasteiger partial charge in [-0.2, -0.15) is 0 Å². The molecule has 0 aliphatic heterocycles. The third-order valence-corrected chi connectivity index (χ3v) is 4.98. The van der Waals surface area contributed by atoms with E-state index in [1.54, 1.807) is 29.7 Å². The first-order chi connectivity index (χ1) is 13.5. The van der Waals surface area contributed by atoms with Gasteiger partial charge in [-0.3, -0.25) is 14.8 Å². The second-order valence-corrected chi connectivity index (χ2v) is 7.09. The molecule has 0 heterocycles. The van der Waals surface area contributed by atoms with Crippen molar-refractivity contribution in [2.75, 3.05) is 0 Å². The monoisotopic (exact) mass is 386 g/mol. The molecule has 1 saturated carbocycles. The summed E-state index contributed by atoms with van der Waals surface area (Å²) in [5, 5.41) is 11.8. The molecule has 0 saturated heterocycles. The molecule has 0 unspecified atom stereocenters. The van der Waals surface area contributed by atoms with Crippen LogP contribution in [0.2, 0.25) is 0 Å². The largest absolute Gasteiger partial charge is 0.457 e. The zero-order valence-electron chi connectivity index (χ0n) is 15.4. The summed E-state index contributed by atoms with van der Waals surface area (Å²) < 4.78 is 18.6. The van der Waals surface area contributed by atoms with Gasteiger partial charge in [0.2, 0.25) is 5.91 Å². The van der Waals surface area contributed by atoms with Crippen LogP contribution in [-0.4, -0.2) is 22.6 Å². The Hall–Kier alpha value is -2.93. The Morgan fingerprint density at radius 3 is 2.11 bits per heavy atom. The van der Waals surface area contributed by atoms with Gasteiger partial charge in [-0.05, 0) is 61.4 Å². The summed E-state index contributed by atoms with van der Waals surface area (Å²) in [7, 11) is 0. The lowest BCUT2D eigenvalue weighted by molar-refractivity contribution is -0.131. The van der Waals surface area contributed by atoms with Gasteiger partial charge in [0.05, 0.1) is 6.42 Å². The van der Waals surface area contributed by atoms with E-state index in [0.29, 0.717) is 29.9 Å². The lowest BCUT2D eigenvalue weighted by Gasteiger charge is -2.37. The molecule has 0 aromatic heterocycles. The summed E-state index contributed by atoms with van der Waals surface area (Å²) >= 11 is 0. The van der Waals surface area contributed by atoms with Crippen LogP contribution in [0.1, 0.15) is 48.9 Å². The first kappa shape index (κ1) is 19.8. The third-order valence-electron chi connectivity index (χ3n) is 4.98. The van der Waals surface area contributed by atoms with E-state index in [0.717, 1.165) is 19.3 Å². The van der Waals surface area contributed by atoms with Crippen LogP contribution < -0.4 is 15.5 Å². The fourth-order valence-corrected chi connectivity index (χ4v) is 3.55. The van der Waals surface area contributed by atoms with E-state index in [1.165, 1.54) is 24.3 Å². The lowest BCUT2D eigenvalue weighted by Crippen LogP contribution is -2.52. The first-order valence-corrected chi connectivity index (χ1v) is 9.29. The van der Waals surface area contributed by atoms with Crippen molar-refractivity contribution in [1.29, 1.82) is 0 Å². The summed E-state index contributed by atoms with van der Waals surface area (Å²) in [6, 6.07) is 12.3. The van der Waals surface area contributed by atoms with E-state index in [2.05, 4.69) is 5.32 Å². The Kier molecular flexibility index (Phi) is 6.26. The van der Waals surface area contributed by atoms with Gasteiger partial charge in [-0.15, -0.1) is 0 Å². The van der Waals surface area contributed by atoms with Crippen molar-refractivity contribution in [3.63, 3.8) is 0 Å². The number of nitrogens with one attached hydrogen (secondary N) is 2. The van der Waals surface area contributed by atoms with Crippen LogP contribution in [0.3, 0.4) is 0 Å². The number of carbonyl (C=O) groups is 2. The Bertz CT molecular complexity index is 815. The van der Waals surface area contributed by atoms with Gasteiger partial charge in [0.15, 0.2) is 0 Å². The molecule has 0 atom stereocenters. The summed E-state index contributed by atoms with van der Waals surface area (Å²) in [5.74, 6) is -0.109. The smallest absolute Gasteiger partial charge is 0.251 e. The normalized spacial score (nSPS) is 15.5. The van der Waals surface area contributed by atoms with Crippen LogP contribution in [0.15, 0.2) is 48.5 Å². The highest BCUT2D eigenvalue weighted by Gasteiger charge is 2.36. The van der Waals surface area contributed by atoms with Crippen molar-refractivity contribution in [2.45, 2.75) is 44.1 Å². The van der Waals surface area contributed by atoms with Crippen molar-refractivity contribution in [3.8, 4) is 11.5 Å². The van der Waals surface area contributed by atoms with Gasteiger partial charge < -0.3 is 10.1 Å². The maximum atomic E-state index is 13.0. The maximum absolute atomic E-state index is 13.0. The Morgan fingerprint density at radius 1 is 0.964 bits per heavy atom. The second-order valence-electron chi connectivity index (χ2n) is 7.09. The summed E-state index contributed by atoms with van der Waals surface area (Å²) in [6.07, 6.45) is 4.33. The average molecular weight is 386 g/mol. The van der Waals surface area contributed by atoms with E-state index >= 15 is 0 Å². The van der Waals surface area contributed by atoms with Crippen molar-refractivity contribution in [2.24, 2.45) is 0 Å². The third kappa shape index (κ3) is 5.07. The Labute approximate surface area is 162 Å². The van der Waals surface area contributed by atoms with Crippen molar-refractivity contribution < 1.29 is 23.9 Å². The molecule has 6 nitrogen and oxygen atoms in total. The van der Waals surface area contributed by atoms with Crippen molar-refractivity contribution in [1.82, 2.24) is 10.8 Å². The molecule has 2 aromatic carbocycles. The lowest BCUT2D eigenvalue weighted by atomic mass is 9.79. The predicted molar refractivity (Wildman–Crippen MR) is 101 cm³/mol. The molecule has 0 bridgehead atoms. The molecule has 1 aliphatic carbocycles. The number of hydrogen-bond donors (Lipinski definition) is 3. The zero-order chi connectivity index (χ0) is 20.0. The number of carbonyl (C=O) groups excluding carboxylic acids is 2. The predicted octanol–water partition coefficient (Wildman–Crippen LogP) is 3.95. The van der Waals surface area contributed by atoms with Gasteiger partial charge in [0.25, 0.3) is 5.91 Å². The maximum Gasteiger partial charge on any atom is 0.251 e. The molecule has 2 aromatic rings. The quantitative estimate of drug-likeness (QED) is 0.518. The molecule has 28 heavy (non-hydrogen) atoms. The number of halogens is 1. The van der Waals surface area contributed by atoms with Crippen LogP contribution in [-0.2, 0) is 4.79 Å². The number of hydrogen-bond acceptors (Lipinski definition) is 4. The standard InChI is InChI=1S/C21H23FN2O4/c22-16-6-10-18(11-7-16)28-17-8-4-15(5-9-17)20(26)23-21(14-19(25)24-27)12-2-1-3-13-21/h4-11,27H,1-3,12-14H2,(H,23,26)(H,24,25). The Balaban J connectivity index is 1.67. The molecule has 3 N–H and O–H groups in total. The summed E-state index contributed by atoms with van der Waals surface area (Å²) in [6.45, 7) is 0. The van der Waals surface area contributed by atoms with Crippen LogP contribution in [0.5, 0.6) is 11.5 Å². The van der Waals surface area contributed by atoms with Crippen LogP contribution in [0.25, 0.3) is 0 Å².